The summed E-state index contributed by atoms with van der Waals surface area (Å²) < 4.78 is 0. The zero-order valence-corrected chi connectivity index (χ0v) is 7.92. The van der Waals surface area contributed by atoms with Gasteiger partial charge in [-0.2, -0.15) is 0 Å². The molecule has 0 saturated heterocycles. The second-order valence-electron chi connectivity index (χ2n) is 4.40. The van der Waals surface area contributed by atoms with Crippen LogP contribution in [0, 0.1) is 17.3 Å². The van der Waals surface area contributed by atoms with E-state index in [1.54, 1.807) is 0 Å². The Morgan fingerprint density at radius 2 is 2.08 bits per heavy atom. The first-order valence-electron chi connectivity index (χ1n) is 4.24. The van der Waals surface area contributed by atoms with Gasteiger partial charge >= 0.3 is 5.97 Å². The van der Waals surface area contributed by atoms with E-state index in [-0.39, 0.29) is 11.3 Å². The Bertz CT molecular complexity index is 228. The summed E-state index contributed by atoms with van der Waals surface area (Å²) in [6, 6.07) is 0. The van der Waals surface area contributed by atoms with Crippen molar-refractivity contribution in [2.75, 3.05) is 0 Å². The maximum absolute atomic E-state index is 10.7. The van der Waals surface area contributed by atoms with Gasteiger partial charge in [-0.3, -0.25) is 4.79 Å². The van der Waals surface area contributed by atoms with Crippen LogP contribution in [0.3, 0.4) is 0 Å². The molecule has 0 bridgehead atoms. The summed E-state index contributed by atoms with van der Waals surface area (Å²) >= 11 is 0. The first-order valence-corrected chi connectivity index (χ1v) is 4.24. The van der Waals surface area contributed by atoms with Gasteiger partial charge in [0.2, 0.25) is 0 Å². The Kier molecular flexibility index (Phi) is 2.02. The van der Waals surface area contributed by atoms with E-state index in [9.17, 15) is 4.79 Å². The van der Waals surface area contributed by atoms with E-state index in [1.807, 2.05) is 20.8 Å². The lowest BCUT2D eigenvalue weighted by molar-refractivity contribution is -0.139. The summed E-state index contributed by atoms with van der Waals surface area (Å²) in [5.41, 5.74) is 1.06. The molecular formula is C10H16O2. The van der Waals surface area contributed by atoms with E-state index in [4.69, 9.17) is 5.11 Å². The molecular weight excluding hydrogens is 152 g/mol. The third-order valence-corrected chi connectivity index (χ3v) is 2.88. The topological polar surface area (TPSA) is 37.3 Å². The zero-order chi connectivity index (χ0) is 9.52. The van der Waals surface area contributed by atoms with Crippen LogP contribution in [0.4, 0.5) is 0 Å². The van der Waals surface area contributed by atoms with Gasteiger partial charge in [-0.15, -0.1) is 6.58 Å². The average molecular weight is 168 g/mol. The summed E-state index contributed by atoms with van der Waals surface area (Å²) in [7, 11) is 0. The lowest BCUT2D eigenvalue weighted by Crippen LogP contribution is -2.03. The Morgan fingerprint density at radius 3 is 2.33 bits per heavy atom. The molecule has 0 spiro atoms. The standard InChI is InChI=1S/C10H16O2/c1-6(2)5-7-8(9(11)12)10(7,3)4/h7-8H,1,5H2,2-4H3,(H,11,12)/t7-,8+/m0/s1. The fraction of sp³-hybridized carbons (Fsp3) is 0.700. The molecule has 2 heteroatoms. The largest absolute Gasteiger partial charge is 0.481 e. The van der Waals surface area contributed by atoms with Gasteiger partial charge in [-0.25, -0.2) is 0 Å². The van der Waals surface area contributed by atoms with Crippen molar-refractivity contribution in [3.8, 4) is 0 Å². The summed E-state index contributed by atoms with van der Waals surface area (Å²) in [6.45, 7) is 9.78. The highest BCUT2D eigenvalue weighted by atomic mass is 16.4. The average Bonchev–Trinajstić information content (AvgIpc) is 2.32. The molecule has 1 saturated carbocycles. The fourth-order valence-electron chi connectivity index (χ4n) is 1.99. The molecule has 0 aromatic carbocycles. The van der Waals surface area contributed by atoms with Crippen molar-refractivity contribution >= 4 is 5.97 Å². The molecule has 0 amide bonds. The van der Waals surface area contributed by atoms with Crippen molar-refractivity contribution < 1.29 is 9.90 Å². The van der Waals surface area contributed by atoms with E-state index in [2.05, 4.69) is 6.58 Å². The molecule has 68 valence electrons. The van der Waals surface area contributed by atoms with Gasteiger partial charge in [-0.1, -0.05) is 19.4 Å². The van der Waals surface area contributed by atoms with Crippen LogP contribution >= 0.6 is 0 Å². The van der Waals surface area contributed by atoms with E-state index >= 15 is 0 Å². The number of carboxylic acids is 1. The van der Waals surface area contributed by atoms with Crippen LogP contribution in [0.25, 0.3) is 0 Å². The summed E-state index contributed by atoms with van der Waals surface area (Å²) in [5.74, 6) is -0.520. The molecule has 2 nitrogen and oxygen atoms in total. The smallest absolute Gasteiger partial charge is 0.307 e. The number of aliphatic carboxylic acids is 1. The van der Waals surface area contributed by atoms with Crippen LogP contribution < -0.4 is 0 Å². The van der Waals surface area contributed by atoms with Crippen molar-refractivity contribution in [3.63, 3.8) is 0 Å². The molecule has 0 radical (unpaired) electrons. The molecule has 1 aliphatic carbocycles. The second kappa shape index (κ2) is 2.61. The summed E-state index contributed by atoms with van der Waals surface area (Å²) in [6.07, 6.45) is 0.851. The Hall–Kier alpha value is -0.790. The number of hydrogen-bond donors (Lipinski definition) is 1. The highest BCUT2D eigenvalue weighted by molar-refractivity contribution is 5.75. The molecule has 1 N–H and O–H groups in total. The predicted molar refractivity (Wildman–Crippen MR) is 47.8 cm³/mol. The van der Waals surface area contributed by atoms with Crippen LogP contribution in [-0.4, -0.2) is 11.1 Å². The fourth-order valence-corrected chi connectivity index (χ4v) is 1.99. The molecule has 12 heavy (non-hydrogen) atoms. The minimum absolute atomic E-state index is 0.0230. The molecule has 2 atom stereocenters. The quantitative estimate of drug-likeness (QED) is 0.656. The van der Waals surface area contributed by atoms with E-state index in [1.165, 1.54) is 0 Å². The SMILES string of the molecule is C=C(C)C[C@H]1[C@H](C(=O)O)C1(C)C. The first kappa shape index (κ1) is 9.30. The Balaban J connectivity index is 2.60. The van der Waals surface area contributed by atoms with Gasteiger partial charge < -0.3 is 5.11 Å². The van der Waals surface area contributed by atoms with Crippen molar-refractivity contribution in [3.05, 3.63) is 12.2 Å². The molecule has 0 aromatic rings. The van der Waals surface area contributed by atoms with E-state index in [0.717, 1.165) is 12.0 Å². The van der Waals surface area contributed by atoms with Crippen LogP contribution in [-0.2, 0) is 4.79 Å². The maximum atomic E-state index is 10.7. The number of allylic oxidation sites excluding steroid dienone is 1. The van der Waals surface area contributed by atoms with Crippen molar-refractivity contribution in [1.82, 2.24) is 0 Å². The summed E-state index contributed by atoms with van der Waals surface area (Å²) in [5, 5.41) is 8.84. The van der Waals surface area contributed by atoms with Gasteiger partial charge in [0.15, 0.2) is 0 Å². The molecule has 1 rings (SSSR count). The third kappa shape index (κ3) is 1.38. The Morgan fingerprint density at radius 1 is 1.58 bits per heavy atom. The van der Waals surface area contributed by atoms with Crippen LogP contribution in [0.1, 0.15) is 27.2 Å². The van der Waals surface area contributed by atoms with Crippen molar-refractivity contribution in [2.24, 2.45) is 17.3 Å². The molecule has 1 fully saturated rings. The van der Waals surface area contributed by atoms with Crippen LogP contribution in [0.15, 0.2) is 12.2 Å². The molecule has 1 aliphatic rings. The monoisotopic (exact) mass is 168 g/mol. The predicted octanol–water partition coefficient (Wildman–Crippen LogP) is 2.31. The van der Waals surface area contributed by atoms with Gasteiger partial charge in [0.05, 0.1) is 5.92 Å². The van der Waals surface area contributed by atoms with Gasteiger partial charge in [0, 0.05) is 0 Å². The molecule has 0 unspecified atom stereocenters. The van der Waals surface area contributed by atoms with Gasteiger partial charge in [0.1, 0.15) is 0 Å². The minimum Gasteiger partial charge on any atom is -0.481 e. The first-order chi connectivity index (χ1) is 5.37. The minimum atomic E-state index is -0.661. The van der Waals surface area contributed by atoms with Crippen LogP contribution in [0.5, 0.6) is 0 Å². The van der Waals surface area contributed by atoms with E-state index < -0.39 is 5.97 Å². The summed E-state index contributed by atoms with van der Waals surface area (Å²) in [4.78, 5) is 10.7. The number of carboxylic acid groups (broad SMARTS) is 1. The normalized spacial score (nSPS) is 31.2. The molecule has 0 aliphatic heterocycles. The number of hydrogen-bond acceptors (Lipinski definition) is 1. The second-order valence-corrected chi connectivity index (χ2v) is 4.40. The van der Waals surface area contributed by atoms with Gasteiger partial charge in [-0.05, 0) is 24.7 Å². The lowest BCUT2D eigenvalue weighted by atomic mass is 10.1. The number of rotatable bonds is 3. The number of carbonyl (C=O) groups is 1. The zero-order valence-electron chi connectivity index (χ0n) is 7.92. The highest BCUT2D eigenvalue weighted by Crippen LogP contribution is 2.60. The maximum Gasteiger partial charge on any atom is 0.307 e. The molecule has 0 aromatic heterocycles. The van der Waals surface area contributed by atoms with Gasteiger partial charge in [0.25, 0.3) is 0 Å². The van der Waals surface area contributed by atoms with Crippen molar-refractivity contribution in [1.29, 1.82) is 0 Å². The highest BCUT2D eigenvalue weighted by Gasteiger charge is 2.61. The van der Waals surface area contributed by atoms with E-state index in [0.29, 0.717) is 5.92 Å². The Labute approximate surface area is 73.3 Å². The van der Waals surface area contributed by atoms with Crippen LogP contribution in [0.2, 0.25) is 0 Å². The lowest BCUT2D eigenvalue weighted by Gasteiger charge is -2.00. The third-order valence-electron chi connectivity index (χ3n) is 2.88. The van der Waals surface area contributed by atoms with Crippen molar-refractivity contribution in [2.45, 2.75) is 27.2 Å². The molecule has 0 heterocycles.